The molecule has 4 heterocycles. The molecule has 2 fully saturated rings. The van der Waals surface area contributed by atoms with Gasteiger partial charge in [0.15, 0.2) is 0 Å². The molecule has 9 nitrogen and oxygen atoms in total. The summed E-state index contributed by atoms with van der Waals surface area (Å²) in [6.45, 7) is 8.09. The number of aryl methyl sites for hydroxylation is 1. The van der Waals surface area contributed by atoms with Gasteiger partial charge < -0.3 is 19.9 Å². The van der Waals surface area contributed by atoms with E-state index in [1.807, 2.05) is 37.3 Å². The summed E-state index contributed by atoms with van der Waals surface area (Å²) in [6, 6.07) is 11.2. The van der Waals surface area contributed by atoms with E-state index < -0.39 is 17.6 Å². The predicted molar refractivity (Wildman–Crippen MR) is 167 cm³/mol. The molecule has 2 aromatic heterocycles. The van der Waals surface area contributed by atoms with E-state index in [1.165, 1.54) is 12.1 Å². The highest BCUT2D eigenvalue weighted by molar-refractivity contribution is 6.04. The van der Waals surface area contributed by atoms with Gasteiger partial charge in [0.25, 0.3) is 5.91 Å². The van der Waals surface area contributed by atoms with Gasteiger partial charge in [-0.1, -0.05) is 12.1 Å². The van der Waals surface area contributed by atoms with Crippen LogP contribution >= 0.6 is 0 Å². The molecule has 2 aromatic carbocycles. The summed E-state index contributed by atoms with van der Waals surface area (Å²) in [7, 11) is 2.00. The molecule has 2 aliphatic heterocycles. The van der Waals surface area contributed by atoms with Gasteiger partial charge >= 0.3 is 6.18 Å². The fourth-order valence-electron chi connectivity index (χ4n) is 5.69. The molecule has 0 spiro atoms. The van der Waals surface area contributed by atoms with Gasteiger partial charge in [0, 0.05) is 80.6 Å². The zero-order chi connectivity index (χ0) is 31.6. The summed E-state index contributed by atoms with van der Waals surface area (Å²) < 4.78 is 49.4. The Balaban J connectivity index is 1.19. The summed E-state index contributed by atoms with van der Waals surface area (Å²) in [4.78, 5) is 24.0. The molecule has 1 amide bonds. The smallest absolute Gasteiger partial charge is 0.378 e. The van der Waals surface area contributed by atoms with Gasteiger partial charge in [-0.25, -0.2) is 4.68 Å². The molecular weight excluding hydrogens is 583 g/mol. The van der Waals surface area contributed by atoms with E-state index in [0.29, 0.717) is 32.0 Å². The lowest BCUT2D eigenvalue weighted by Crippen LogP contribution is -2.44. The minimum absolute atomic E-state index is 0.0550. The number of morpholine rings is 1. The Morgan fingerprint density at radius 1 is 0.933 bits per heavy atom. The van der Waals surface area contributed by atoms with Crippen molar-refractivity contribution >= 4 is 17.3 Å². The average Bonchev–Trinajstić information content (AvgIpc) is 3.53. The molecule has 0 bridgehead atoms. The Bertz CT molecular complexity index is 1660. The van der Waals surface area contributed by atoms with Crippen LogP contribution in [0.15, 0.2) is 67.3 Å². The van der Waals surface area contributed by atoms with Gasteiger partial charge in [0.05, 0.1) is 42.5 Å². The van der Waals surface area contributed by atoms with Crippen LogP contribution < -0.4 is 10.2 Å². The van der Waals surface area contributed by atoms with Gasteiger partial charge in [0.2, 0.25) is 0 Å². The monoisotopic (exact) mass is 619 g/mol. The molecule has 6 rings (SSSR count). The highest BCUT2D eigenvalue weighted by Gasteiger charge is 2.34. The van der Waals surface area contributed by atoms with Gasteiger partial charge in [-0.2, -0.15) is 18.3 Å². The largest absolute Gasteiger partial charge is 0.416 e. The highest BCUT2D eigenvalue weighted by Crippen LogP contribution is 2.34. The van der Waals surface area contributed by atoms with Crippen LogP contribution in [0.5, 0.6) is 0 Å². The number of hydrogen-bond donors (Lipinski definition) is 1. The second-order valence-corrected chi connectivity index (χ2v) is 11.6. The van der Waals surface area contributed by atoms with Crippen molar-refractivity contribution in [3.05, 3.63) is 89.5 Å². The third-order valence-corrected chi connectivity index (χ3v) is 8.40. The standard InChI is InChI=1S/C33H36F3N7O2/c1-23-3-6-28(17-31(23)43-22-27(19-38-43)26-15-29(20-37-18-26)42-11-13-45-14-12-42)39-32(44)24-4-5-25(30(16-24)33(34,35)36)21-41-9-7-40(2)8-10-41/h3-6,15-20,22H,7-14,21H2,1-2H3,(H,39,44). The van der Waals surface area contributed by atoms with E-state index >= 15 is 0 Å². The second kappa shape index (κ2) is 13.0. The van der Waals surface area contributed by atoms with Crippen molar-refractivity contribution in [2.24, 2.45) is 0 Å². The van der Waals surface area contributed by atoms with E-state index in [-0.39, 0.29) is 17.7 Å². The zero-order valence-electron chi connectivity index (χ0n) is 25.3. The lowest BCUT2D eigenvalue weighted by atomic mass is 10.0. The summed E-state index contributed by atoms with van der Waals surface area (Å²) in [5.74, 6) is -0.617. The molecule has 12 heteroatoms. The van der Waals surface area contributed by atoms with Gasteiger partial charge in [-0.15, -0.1) is 0 Å². The lowest BCUT2D eigenvalue weighted by molar-refractivity contribution is -0.138. The number of alkyl halides is 3. The van der Waals surface area contributed by atoms with Crippen LogP contribution in [0, 0.1) is 6.92 Å². The molecule has 0 unspecified atom stereocenters. The Labute approximate surface area is 260 Å². The fraction of sp³-hybridized carbons (Fsp3) is 0.364. The van der Waals surface area contributed by atoms with Gasteiger partial charge in [-0.3, -0.25) is 14.7 Å². The molecule has 0 saturated carbocycles. The molecule has 2 saturated heterocycles. The lowest BCUT2D eigenvalue weighted by Gasteiger charge is -2.33. The molecule has 0 atom stereocenters. The zero-order valence-corrected chi connectivity index (χ0v) is 25.3. The third-order valence-electron chi connectivity index (χ3n) is 8.40. The SMILES string of the molecule is Cc1ccc(NC(=O)c2ccc(CN3CCN(C)CC3)c(C(F)(F)F)c2)cc1-n1cc(-c2cncc(N3CCOCC3)c2)cn1. The molecule has 4 aromatic rings. The first-order chi connectivity index (χ1) is 21.6. The third kappa shape index (κ3) is 7.19. The molecule has 0 radical (unpaired) electrons. The number of nitrogens with zero attached hydrogens (tertiary/aromatic N) is 6. The first-order valence-corrected chi connectivity index (χ1v) is 15.0. The highest BCUT2D eigenvalue weighted by atomic mass is 19.4. The number of amides is 1. The van der Waals surface area contributed by atoms with Crippen LogP contribution in [-0.2, 0) is 17.5 Å². The van der Waals surface area contributed by atoms with Crippen LogP contribution in [-0.4, -0.2) is 90.0 Å². The van der Waals surface area contributed by atoms with Crippen LogP contribution in [0.4, 0.5) is 24.5 Å². The molecule has 45 heavy (non-hydrogen) atoms. The van der Waals surface area contributed by atoms with E-state index in [0.717, 1.165) is 60.3 Å². The molecular formula is C33H36F3N7O2. The number of likely N-dealkylation sites (N-methyl/N-ethyl adjacent to an activating group) is 1. The number of benzene rings is 2. The predicted octanol–water partition coefficient (Wildman–Crippen LogP) is 5.10. The number of carbonyl (C=O) groups excluding carboxylic acids is 1. The van der Waals surface area contributed by atoms with E-state index in [2.05, 4.69) is 31.3 Å². The van der Waals surface area contributed by atoms with Crippen molar-refractivity contribution < 1.29 is 22.7 Å². The van der Waals surface area contributed by atoms with E-state index in [4.69, 9.17) is 4.74 Å². The van der Waals surface area contributed by atoms with Gasteiger partial charge in [0.1, 0.15) is 0 Å². The molecule has 1 N–H and O–H groups in total. The number of aromatic nitrogens is 3. The van der Waals surface area contributed by atoms with Crippen molar-refractivity contribution in [1.82, 2.24) is 24.6 Å². The van der Waals surface area contributed by atoms with Crippen molar-refractivity contribution in [3.63, 3.8) is 0 Å². The Kier molecular flexibility index (Phi) is 8.88. The number of hydrogen-bond acceptors (Lipinski definition) is 7. The maximum atomic E-state index is 14.1. The minimum atomic E-state index is -4.58. The summed E-state index contributed by atoms with van der Waals surface area (Å²) in [5.41, 5.74) is 4.24. The van der Waals surface area contributed by atoms with E-state index in [9.17, 15) is 18.0 Å². The number of halogens is 3. The van der Waals surface area contributed by atoms with E-state index in [1.54, 1.807) is 29.2 Å². The average molecular weight is 620 g/mol. The normalized spacial score (nSPS) is 16.6. The second-order valence-electron chi connectivity index (χ2n) is 11.6. The maximum Gasteiger partial charge on any atom is 0.416 e. The van der Waals surface area contributed by atoms with Crippen LogP contribution in [0.3, 0.4) is 0 Å². The molecule has 2 aliphatic rings. The van der Waals surface area contributed by atoms with Gasteiger partial charge in [-0.05, 0) is 55.4 Å². The number of nitrogens with one attached hydrogen (secondary N) is 1. The molecule has 0 aliphatic carbocycles. The van der Waals surface area contributed by atoms with Crippen molar-refractivity contribution in [2.45, 2.75) is 19.6 Å². The number of ether oxygens (including phenoxy) is 1. The number of carbonyl (C=O) groups is 1. The topological polar surface area (TPSA) is 78.8 Å². The van der Waals surface area contributed by atoms with Crippen LogP contribution in [0.2, 0.25) is 0 Å². The first-order valence-electron chi connectivity index (χ1n) is 15.0. The Hall–Kier alpha value is -4.26. The summed E-state index contributed by atoms with van der Waals surface area (Å²) >= 11 is 0. The minimum Gasteiger partial charge on any atom is -0.378 e. The Morgan fingerprint density at radius 3 is 2.47 bits per heavy atom. The number of rotatable bonds is 7. The van der Waals surface area contributed by atoms with Crippen molar-refractivity contribution in [3.8, 4) is 16.8 Å². The number of anilines is 2. The van der Waals surface area contributed by atoms with Crippen LogP contribution in [0.1, 0.15) is 27.0 Å². The van der Waals surface area contributed by atoms with Crippen molar-refractivity contribution in [1.29, 1.82) is 0 Å². The summed E-state index contributed by atoms with van der Waals surface area (Å²) in [5, 5.41) is 7.33. The first kappa shape index (κ1) is 30.8. The van der Waals surface area contributed by atoms with Crippen LogP contribution in [0.25, 0.3) is 16.8 Å². The maximum absolute atomic E-state index is 14.1. The fourth-order valence-corrected chi connectivity index (χ4v) is 5.69. The number of pyridine rings is 1. The number of piperazine rings is 1. The van der Waals surface area contributed by atoms with Crippen molar-refractivity contribution in [2.75, 3.05) is 69.7 Å². The summed E-state index contributed by atoms with van der Waals surface area (Å²) in [6.07, 6.45) is 2.70. The quantitative estimate of drug-likeness (QED) is 0.309. The molecule has 236 valence electrons. The Morgan fingerprint density at radius 2 is 1.71 bits per heavy atom.